The number of nitrogens with zero attached hydrogens (tertiary/aromatic N) is 2. The Morgan fingerprint density at radius 3 is 2.68 bits per heavy atom. The van der Waals surface area contributed by atoms with Crippen LogP contribution < -0.4 is 5.32 Å². The van der Waals surface area contributed by atoms with Crippen molar-refractivity contribution in [3.8, 4) is 0 Å². The van der Waals surface area contributed by atoms with E-state index in [-0.39, 0.29) is 0 Å². The van der Waals surface area contributed by atoms with E-state index in [1.165, 1.54) is 18.4 Å². The molecule has 1 aromatic rings. The maximum Gasteiger partial charge on any atom is 0.283 e. The normalized spacial score (nSPS) is 19.4. The van der Waals surface area contributed by atoms with Crippen LogP contribution in [0.25, 0.3) is 0 Å². The smallest absolute Gasteiger partial charge is 0.283 e. The Hall–Kier alpha value is -1.75. The zero-order chi connectivity index (χ0) is 13.1. The van der Waals surface area contributed by atoms with Crippen molar-refractivity contribution in [1.82, 2.24) is 9.88 Å². The van der Waals surface area contributed by atoms with Crippen molar-refractivity contribution in [3.05, 3.63) is 35.9 Å². The van der Waals surface area contributed by atoms with Crippen LogP contribution in [0.1, 0.15) is 30.4 Å². The highest BCUT2D eigenvalue weighted by Crippen LogP contribution is 2.28. The van der Waals surface area contributed by atoms with Gasteiger partial charge in [0.05, 0.1) is 0 Å². The first-order valence-corrected chi connectivity index (χ1v) is 6.72. The van der Waals surface area contributed by atoms with Crippen LogP contribution in [0.15, 0.2) is 24.7 Å². The molecular formula is C14H19N3O2. The Kier molecular flexibility index (Phi) is 3.55. The molecule has 0 saturated carbocycles. The number of hydrogen-bond donors (Lipinski definition) is 1. The Morgan fingerprint density at radius 2 is 2.00 bits per heavy atom. The fraction of sp³-hybridized carbons (Fsp3) is 0.500. The van der Waals surface area contributed by atoms with Crippen LogP contribution in [0.3, 0.4) is 0 Å². The molecule has 5 nitrogen and oxygen atoms in total. The molecule has 2 aliphatic heterocycles. The van der Waals surface area contributed by atoms with Crippen LogP contribution in [-0.4, -0.2) is 30.0 Å². The number of anilines is 1. The Labute approximate surface area is 113 Å². The van der Waals surface area contributed by atoms with Gasteiger partial charge in [-0.25, -0.2) is 4.98 Å². The molecule has 1 saturated heterocycles. The second-order valence-electron chi connectivity index (χ2n) is 4.85. The second kappa shape index (κ2) is 5.48. The highest BCUT2D eigenvalue weighted by Gasteiger charge is 2.23. The number of aromatic nitrogens is 1. The summed E-state index contributed by atoms with van der Waals surface area (Å²) in [6.07, 6.45) is 5.30. The van der Waals surface area contributed by atoms with Gasteiger partial charge in [0, 0.05) is 13.6 Å². The number of hydrogen-bond acceptors (Lipinski definition) is 5. The van der Waals surface area contributed by atoms with Crippen LogP contribution in [0.5, 0.6) is 0 Å². The Morgan fingerprint density at radius 1 is 1.26 bits per heavy atom. The molecule has 0 unspecified atom stereocenters. The standard InChI is InChI=1S/C14H19N3O2/c1-15-12-5-4-11(10-17-6-2-3-7-17)13(16-12)14-18-8-9-19-14/h4-5,8-9,14H,2-3,6-7,10H2,1H3,(H,15,16). The topological polar surface area (TPSA) is 46.6 Å². The molecule has 0 amide bonds. The van der Waals surface area contributed by atoms with E-state index < -0.39 is 6.29 Å². The van der Waals surface area contributed by atoms with E-state index in [4.69, 9.17) is 9.47 Å². The van der Waals surface area contributed by atoms with Gasteiger partial charge in [0.25, 0.3) is 6.29 Å². The fourth-order valence-electron chi connectivity index (χ4n) is 2.53. The molecule has 3 heterocycles. The number of nitrogens with one attached hydrogen (secondary N) is 1. The lowest BCUT2D eigenvalue weighted by Crippen LogP contribution is -2.20. The van der Waals surface area contributed by atoms with Crippen molar-refractivity contribution >= 4 is 5.82 Å². The lowest BCUT2D eigenvalue weighted by Gasteiger charge is -2.19. The quantitative estimate of drug-likeness (QED) is 0.900. The molecule has 5 heteroatoms. The summed E-state index contributed by atoms with van der Waals surface area (Å²) in [4.78, 5) is 7.03. The van der Waals surface area contributed by atoms with E-state index in [9.17, 15) is 0 Å². The van der Waals surface area contributed by atoms with Crippen LogP contribution in [0.4, 0.5) is 5.82 Å². The van der Waals surface area contributed by atoms with Crippen molar-refractivity contribution in [2.75, 3.05) is 25.5 Å². The predicted octanol–water partition coefficient (Wildman–Crippen LogP) is 2.24. The lowest BCUT2D eigenvalue weighted by atomic mass is 10.1. The van der Waals surface area contributed by atoms with E-state index in [0.717, 1.165) is 31.1 Å². The summed E-state index contributed by atoms with van der Waals surface area (Å²) >= 11 is 0. The minimum absolute atomic E-state index is 0.411. The molecule has 1 N–H and O–H groups in total. The van der Waals surface area contributed by atoms with Crippen molar-refractivity contribution in [2.45, 2.75) is 25.7 Å². The van der Waals surface area contributed by atoms with Gasteiger partial charge in [0.1, 0.15) is 24.0 Å². The second-order valence-corrected chi connectivity index (χ2v) is 4.85. The number of pyridine rings is 1. The van der Waals surface area contributed by atoms with E-state index >= 15 is 0 Å². The van der Waals surface area contributed by atoms with Gasteiger partial charge < -0.3 is 14.8 Å². The van der Waals surface area contributed by atoms with Crippen LogP contribution >= 0.6 is 0 Å². The average Bonchev–Trinajstić information content (AvgIpc) is 3.12. The van der Waals surface area contributed by atoms with Gasteiger partial charge in [-0.15, -0.1) is 0 Å². The van der Waals surface area contributed by atoms with Gasteiger partial charge >= 0.3 is 0 Å². The van der Waals surface area contributed by atoms with Gasteiger partial charge in [-0.3, -0.25) is 4.90 Å². The Balaban J connectivity index is 1.83. The summed E-state index contributed by atoms with van der Waals surface area (Å²) in [6.45, 7) is 3.24. The number of rotatable bonds is 4. The minimum Gasteiger partial charge on any atom is -0.454 e. The van der Waals surface area contributed by atoms with E-state index in [0.29, 0.717) is 0 Å². The number of likely N-dealkylation sites (tertiary alicyclic amines) is 1. The summed E-state index contributed by atoms with van der Waals surface area (Å²) in [5, 5.41) is 3.06. The molecule has 1 fully saturated rings. The predicted molar refractivity (Wildman–Crippen MR) is 72.3 cm³/mol. The van der Waals surface area contributed by atoms with Crippen molar-refractivity contribution < 1.29 is 9.47 Å². The summed E-state index contributed by atoms with van der Waals surface area (Å²) in [5.41, 5.74) is 2.04. The first-order chi connectivity index (χ1) is 9.36. The number of ether oxygens (including phenoxy) is 2. The summed E-state index contributed by atoms with van der Waals surface area (Å²) in [7, 11) is 1.86. The summed E-state index contributed by atoms with van der Waals surface area (Å²) < 4.78 is 10.9. The zero-order valence-electron chi connectivity index (χ0n) is 11.1. The lowest BCUT2D eigenvalue weighted by molar-refractivity contribution is -0.0289. The average molecular weight is 261 g/mol. The first-order valence-electron chi connectivity index (χ1n) is 6.72. The van der Waals surface area contributed by atoms with Crippen molar-refractivity contribution in [1.29, 1.82) is 0 Å². The highest BCUT2D eigenvalue weighted by atomic mass is 16.7. The summed E-state index contributed by atoms with van der Waals surface area (Å²) in [6, 6.07) is 4.11. The van der Waals surface area contributed by atoms with E-state index in [1.54, 1.807) is 12.5 Å². The molecule has 0 bridgehead atoms. The van der Waals surface area contributed by atoms with E-state index in [1.807, 2.05) is 13.1 Å². The maximum absolute atomic E-state index is 5.43. The SMILES string of the molecule is CNc1ccc(CN2CCCC2)c(C2OC=CO2)n1. The summed E-state index contributed by atoms with van der Waals surface area (Å²) in [5.74, 6) is 0.833. The van der Waals surface area contributed by atoms with Gasteiger partial charge in [-0.2, -0.15) is 0 Å². The van der Waals surface area contributed by atoms with Crippen LogP contribution in [0, 0.1) is 0 Å². The Bertz CT molecular complexity index is 462. The molecular weight excluding hydrogens is 242 g/mol. The largest absolute Gasteiger partial charge is 0.454 e. The molecule has 0 radical (unpaired) electrons. The van der Waals surface area contributed by atoms with Gasteiger partial charge in [0.2, 0.25) is 0 Å². The molecule has 1 aromatic heterocycles. The maximum atomic E-state index is 5.43. The third-order valence-corrected chi connectivity index (χ3v) is 3.54. The monoisotopic (exact) mass is 261 g/mol. The van der Waals surface area contributed by atoms with Gasteiger partial charge in [0.15, 0.2) is 0 Å². The minimum atomic E-state index is -0.411. The molecule has 0 aliphatic carbocycles. The molecule has 0 spiro atoms. The molecule has 2 aliphatic rings. The van der Waals surface area contributed by atoms with Crippen LogP contribution in [-0.2, 0) is 16.0 Å². The zero-order valence-corrected chi connectivity index (χ0v) is 11.1. The van der Waals surface area contributed by atoms with E-state index in [2.05, 4.69) is 21.3 Å². The molecule has 0 atom stereocenters. The molecule has 3 rings (SSSR count). The first kappa shape index (κ1) is 12.3. The molecule has 102 valence electrons. The van der Waals surface area contributed by atoms with Crippen molar-refractivity contribution in [2.24, 2.45) is 0 Å². The third-order valence-electron chi connectivity index (χ3n) is 3.54. The fourth-order valence-corrected chi connectivity index (χ4v) is 2.53. The van der Waals surface area contributed by atoms with Gasteiger partial charge in [-0.1, -0.05) is 6.07 Å². The molecule has 19 heavy (non-hydrogen) atoms. The van der Waals surface area contributed by atoms with Crippen LogP contribution in [0.2, 0.25) is 0 Å². The highest BCUT2D eigenvalue weighted by molar-refractivity contribution is 5.38. The van der Waals surface area contributed by atoms with Crippen molar-refractivity contribution in [3.63, 3.8) is 0 Å². The molecule has 0 aromatic carbocycles. The third kappa shape index (κ3) is 2.66. The van der Waals surface area contributed by atoms with Gasteiger partial charge in [-0.05, 0) is 37.6 Å².